The Morgan fingerprint density at radius 3 is 2.78 bits per heavy atom. The number of anilines is 1. The van der Waals surface area contributed by atoms with E-state index in [-0.39, 0.29) is 5.91 Å². The fraction of sp³-hybridized carbons (Fsp3) is 0.370. The average molecular weight is 489 g/mol. The minimum Gasteiger partial charge on any atom is -0.486 e. The number of carbonyl (C=O) groups is 1. The van der Waals surface area contributed by atoms with Crippen LogP contribution in [0.1, 0.15) is 41.9 Å². The van der Waals surface area contributed by atoms with Gasteiger partial charge in [-0.2, -0.15) is 0 Å². The van der Waals surface area contributed by atoms with E-state index < -0.39 is 0 Å². The monoisotopic (exact) mass is 488 g/mol. The topological polar surface area (TPSA) is 85.9 Å². The Bertz CT molecular complexity index is 1330. The van der Waals surface area contributed by atoms with Gasteiger partial charge in [0.2, 0.25) is 0 Å². The lowest BCUT2D eigenvalue weighted by atomic mass is 10.1. The van der Waals surface area contributed by atoms with Gasteiger partial charge in [0.15, 0.2) is 11.5 Å². The van der Waals surface area contributed by atoms with E-state index in [2.05, 4.69) is 41.2 Å². The minimum atomic E-state index is -0.0879. The number of fused-ring (bicyclic) bond motifs is 2. The summed E-state index contributed by atoms with van der Waals surface area (Å²) in [6.45, 7) is 8.28. The van der Waals surface area contributed by atoms with Crippen LogP contribution in [0.15, 0.2) is 55.2 Å². The third kappa shape index (κ3) is 5.00. The molecule has 36 heavy (non-hydrogen) atoms. The van der Waals surface area contributed by atoms with Crippen molar-refractivity contribution in [3.05, 3.63) is 72.1 Å². The first-order valence-corrected chi connectivity index (χ1v) is 12.5. The van der Waals surface area contributed by atoms with Crippen LogP contribution < -0.4 is 19.7 Å². The summed E-state index contributed by atoms with van der Waals surface area (Å²) in [6, 6.07) is 9.86. The van der Waals surface area contributed by atoms with Gasteiger partial charge in [-0.25, -0.2) is 9.97 Å². The van der Waals surface area contributed by atoms with Crippen molar-refractivity contribution in [2.45, 2.75) is 39.8 Å². The average Bonchev–Trinajstić information content (AvgIpc) is 3.57. The van der Waals surface area contributed by atoms with Gasteiger partial charge in [-0.15, -0.1) is 0 Å². The first-order valence-electron chi connectivity index (χ1n) is 12.5. The summed E-state index contributed by atoms with van der Waals surface area (Å²) in [4.78, 5) is 24.1. The van der Waals surface area contributed by atoms with Crippen LogP contribution in [-0.4, -0.2) is 51.1 Å². The quantitative estimate of drug-likeness (QED) is 0.343. The van der Waals surface area contributed by atoms with Crippen molar-refractivity contribution >= 4 is 17.4 Å². The molecule has 3 aromatic heterocycles. The van der Waals surface area contributed by atoms with E-state index in [0.29, 0.717) is 31.9 Å². The second-order valence-corrected chi connectivity index (χ2v) is 8.78. The van der Waals surface area contributed by atoms with Crippen LogP contribution in [0.2, 0.25) is 0 Å². The van der Waals surface area contributed by atoms with Gasteiger partial charge in [-0.3, -0.25) is 9.20 Å². The maximum absolute atomic E-state index is 12.9. The number of ether oxygens (including phenoxy) is 2. The highest BCUT2D eigenvalue weighted by atomic mass is 16.6. The Kier molecular flexibility index (Phi) is 7.06. The summed E-state index contributed by atoms with van der Waals surface area (Å²) in [6.07, 6.45) is 8.99. The highest BCUT2D eigenvalue weighted by Crippen LogP contribution is 2.32. The Labute approximate surface area is 210 Å². The number of hydrogen-bond donors (Lipinski definition) is 1. The van der Waals surface area contributed by atoms with Gasteiger partial charge in [-0.05, 0) is 49.6 Å². The predicted molar refractivity (Wildman–Crippen MR) is 138 cm³/mol. The maximum atomic E-state index is 12.9. The van der Waals surface area contributed by atoms with Crippen molar-refractivity contribution in [3.8, 4) is 11.5 Å². The lowest BCUT2D eigenvalue weighted by Crippen LogP contribution is -2.26. The number of rotatable bonds is 10. The molecule has 1 amide bonds. The molecule has 9 nitrogen and oxygen atoms in total. The smallest absolute Gasteiger partial charge is 0.252 e. The van der Waals surface area contributed by atoms with E-state index in [1.165, 1.54) is 0 Å². The summed E-state index contributed by atoms with van der Waals surface area (Å²) in [5, 5.41) is 3.03. The first-order chi connectivity index (χ1) is 17.7. The Hall–Kier alpha value is -4.01. The van der Waals surface area contributed by atoms with E-state index in [1.807, 2.05) is 39.6 Å². The summed E-state index contributed by atoms with van der Waals surface area (Å²) in [5.41, 5.74) is 3.58. The molecule has 9 heteroatoms. The van der Waals surface area contributed by atoms with E-state index in [1.54, 1.807) is 12.5 Å². The van der Waals surface area contributed by atoms with Crippen LogP contribution in [0, 0.1) is 0 Å². The molecule has 0 spiro atoms. The Morgan fingerprint density at radius 2 is 2.00 bits per heavy atom. The molecular weight excluding hydrogens is 456 g/mol. The zero-order chi connectivity index (χ0) is 24.9. The number of benzene rings is 1. The molecule has 1 aromatic carbocycles. The van der Waals surface area contributed by atoms with Gasteiger partial charge in [-0.1, -0.05) is 13.0 Å². The molecule has 0 bridgehead atoms. The summed E-state index contributed by atoms with van der Waals surface area (Å²) < 4.78 is 15.5. The molecule has 1 N–H and O–H groups in total. The molecule has 0 unspecified atom stereocenters. The molecule has 188 valence electrons. The second kappa shape index (κ2) is 10.7. The van der Waals surface area contributed by atoms with Gasteiger partial charge in [0, 0.05) is 44.8 Å². The minimum absolute atomic E-state index is 0.0879. The molecule has 0 saturated heterocycles. The fourth-order valence-electron chi connectivity index (χ4n) is 4.51. The predicted octanol–water partition coefficient (Wildman–Crippen LogP) is 3.71. The molecule has 0 aliphatic carbocycles. The summed E-state index contributed by atoms with van der Waals surface area (Å²) in [7, 11) is 0. The highest BCUT2D eigenvalue weighted by molar-refractivity contribution is 5.94. The molecule has 0 radical (unpaired) electrons. The number of aromatic nitrogens is 4. The Balaban J connectivity index is 1.35. The van der Waals surface area contributed by atoms with Gasteiger partial charge in [0.25, 0.3) is 5.91 Å². The highest BCUT2D eigenvalue weighted by Gasteiger charge is 2.20. The zero-order valence-corrected chi connectivity index (χ0v) is 20.8. The van der Waals surface area contributed by atoms with Crippen molar-refractivity contribution in [3.63, 3.8) is 0 Å². The van der Waals surface area contributed by atoms with E-state index in [9.17, 15) is 4.79 Å². The molecule has 4 aromatic rings. The first kappa shape index (κ1) is 23.7. The molecule has 5 rings (SSSR count). The number of pyridine rings is 1. The largest absolute Gasteiger partial charge is 0.486 e. The maximum Gasteiger partial charge on any atom is 0.252 e. The normalized spacial score (nSPS) is 12.6. The standard InChI is InChI=1S/C27H32N6O3/c1-3-22-27(32(4-2)17-20-6-8-23-24(16-20)36-15-14-35-23)33-18-21(7-9-25(33)30-22)26(34)29-10-5-12-31-13-11-28-19-31/h6-9,11,13,16,18-19H,3-5,10,12,14-15,17H2,1-2H3,(H,29,34). The second-order valence-electron chi connectivity index (χ2n) is 8.78. The van der Waals surface area contributed by atoms with Crippen LogP contribution in [0.3, 0.4) is 0 Å². The van der Waals surface area contributed by atoms with Crippen LogP contribution >= 0.6 is 0 Å². The number of nitrogens with one attached hydrogen (secondary N) is 1. The van der Waals surface area contributed by atoms with Gasteiger partial charge >= 0.3 is 0 Å². The molecule has 0 atom stereocenters. The SMILES string of the molecule is CCc1nc2ccc(C(=O)NCCCn3ccnc3)cn2c1N(CC)Cc1ccc2c(c1)OCCO2. The Morgan fingerprint density at radius 1 is 1.14 bits per heavy atom. The summed E-state index contributed by atoms with van der Waals surface area (Å²) in [5.74, 6) is 2.50. The van der Waals surface area contributed by atoms with Crippen LogP contribution in [0.5, 0.6) is 11.5 Å². The molecule has 1 aliphatic heterocycles. The third-order valence-electron chi connectivity index (χ3n) is 6.36. The number of aryl methyl sites for hydroxylation is 2. The van der Waals surface area contributed by atoms with E-state index >= 15 is 0 Å². The molecule has 0 saturated carbocycles. The van der Waals surface area contributed by atoms with Crippen molar-refractivity contribution in [2.24, 2.45) is 0 Å². The molecule has 0 fully saturated rings. The number of amides is 1. The number of hydrogen-bond acceptors (Lipinski definition) is 6. The molecular formula is C27H32N6O3. The van der Waals surface area contributed by atoms with Gasteiger partial charge < -0.3 is 24.3 Å². The lowest BCUT2D eigenvalue weighted by molar-refractivity contribution is 0.0952. The molecule has 1 aliphatic rings. The van der Waals surface area contributed by atoms with Crippen LogP contribution in [0.4, 0.5) is 5.82 Å². The number of carbonyl (C=O) groups excluding carboxylic acids is 1. The van der Waals surface area contributed by atoms with Crippen molar-refractivity contribution in [2.75, 3.05) is 31.2 Å². The van der Waals surface area contributed by atoms with E-state index in [4.69, 9.17) is 14.5 Å². The van der Waals surface area contributed by atoms with Crippen LogP contribution in [-0.2, 0) is 19.5 Å². The van der Waals surface area contributed by atoms with Crippen molar-refractivity contribution < 1.29 is 14.3 Å². The fourth-order valence-corrected chi connectivity index (χ4v) is 4.51. The number of imidazole rings is 2. The van der Waals surface area contributed by atoms with Crippen molar-refractivity contribution in [1.82, 2.24) is 24.3 Å². The summed E-state index contributed by atoms with van der Waals surface area (Å²) >= 11 is 0. The molecule has 4 heterocycles. The van der Waals surface area contributed by atoms with Gasteiger partial charge in [0.05, 0.1) is 17.6 Å². The third-order valence-corrected chi connectivity index (χ3v) is 6.36. The van der Waals surface area contributed by atoms with Gasteiger partial charge in [0.1, 0.15) is 24.7 Å². The van der Waals surface area contributed by atoms with Crippen molar-refractivity contribution in [1.29, 1.82) is 0 Å². The van der Waals surface area contributed by atoms with E-state index in [0.717, 1.165) is 60.2 Å². The zero-order valence-electron chi connectivity index (χ0n) is 20.8. The number of nitrogens with zero attached hydrogens (tertiary/aromatic N) is 5. The van der Waals surface area contributed by atoms with Crippen LogP contribution in [0.25, 0.3) is 5.65 Å². The lowest BCUT2D eigenvalue weighted by Gasteiger charge is -2.25.